The third-order valence-electron chi connectivity index (χ3n) is 3.07. The van der Waals surface area contributed by atoms with Crippen molar-refractivity contribution in [3.63, 3.8) is 0 Å². The van der Waals surface area contributed by atoms with Crippen LogP contribution in [0.25, 0.3) is 0 Å². The van der Waals surface area contributed by atoms with Gasteiger partial charge in [-0.1, -0.05) is 18.6 Å². The second-order valence-electron chi connectivity index (χ2n) is 4.28. The zero-order chi connectivity index (χ0) is 10.5. The van der Waals surface area contributed by atoms with E-state index in [0.29, 0.717) is 0 Å². The zero-order valence-corrected chi connectivity index (χ0v) is 9.28. The minimum atomic E-state index is 1.11. The summed E-state index contributed by atoms with van der Waals surface area (Å²) < 4.78 is 0. The van der Waals surface area contributed by atoms with Crippen molar-refractivity contribution in [1.29, 1.82) is 0 Å². The summed E-state index contributed by atoms with van der Waals surface area (Å²) in [5, 5.41) is 1.89. The summed E-state index contributed by atoms with van der Waals surface area (Å²) in [6.07, 6.45) is 4.14. The molecule has 1 heterocycles. The number of quaternary nitrogens is 1. The van der Waals surface area contributed by atoms with Crippen LogP contribution >= 0.6 is 0 Å². The van der Waals surface area contributed by atoms with Crippen molar-refractivity contribution in [1.82, 2.24) is 4.90 Å². The normalized spacial score (nSPS) is 17.9. The number of rotatable bonds is 3. The summed E-state index contributed by atoms with van der Waals surface area (Å²) in [7, 11) is 3.77. The molecule has 0 amide bonds. The van der Waals surface area contributed by atoms with E-state index >= 15 is 0 Å². The van der Waals surface area contributed by atoms with Crippen LogP contribution in [0.1, 0.15) is 24.8 Å². The molecule has 1 aliphatic heterocycles. The lowest BCUT2D eigenvalue weighted by Gasteiger charge is -2.26. The Morgan fingerprint density at radius 1 is 1.07 bits per heavy atom. The number of likely N-dealkylation sites (tertiary alicyclic amines) is 1. The summed E-state index contributed by atoms with van der Waals surface area (Å²) in [5.74, 6) is 0. The average molecular weight is 204 g/mol. The maximum Gasteiger partial charge on any atom is 0.103 e. The lowest BCUT2D eigenvalue weighted by Crippen LogP contribution is -2.69. The van der Waals surface area contributed by atoms with E-state index in [1.165, 1.54) is 43.6 Å². The fourth-order valence-electron chi connectivity index (χ4n) is 2.13. The maximum absolute atomic E-state index is 3.77. The molecule has 0 saturated carbocycles. The van der Waals surface area contributed by atoms with Crippen molar-refractivity contribution in [3.8, 4) is 0 Å². The van der Waals surface area contributed by atoms with Gasteiger partial charge in [-0.15, -0.1) is 7.05 Å². The predicted molar refractivity (Wildman–Crippen MR) is 62.5 cm³/mol. The van der Waals surface area contributed by atoms with Crippen LogP contribution < -0.4 is 5.32 Å². The van der Waals surface area contributed by atoms with Gasteiger partial charge in [-0.3, -0.25) is 4.90 Å². The van der Waals surface area contributed by atoms with Crippen molar-refractivity contribution in [3.05, 3.63) is 36.9 Å². The van der Waals surface area contributed by atoms with Crippen LogP contribution in [0.4, 0.5) is 5.69 Å². The van der Waals surface area contributed by atoms with Crippen LogP contribution in [0, 0.1) is 7.05 Å². The molecule has 0 spiro atoms. The van der Waals surface area contributed by atoms with Gasteiger partial charge in [-0.2, -0.15) is 0 Å². The first-order valence-corrected chi connectivity index (χ1v) is 5.82. The van der Waals surface area contributed by atoms with Gasteiger partial charge < -0.3 is 5.32 Å². The summed E-state index contributed by atoms with van der Waals surface area (Å²) in [5.41, 5.74) is 2.62. The maximum atomic E-state index is 3.77. The molecule has 2 heteroatoms. The van der Waals surface area contributed by atoms with Crippen molar-refractivity contribution in [2.45, 2.75) is 25.8 Å². The Kier molecular flexibility index (Phi) is 3.75. The molecule has 0 aliphatic carbocycles. The number of benzene rings is 1. The first kappa shape index (κ1) is 10.7. The van der Waals surface area contributed by atoms with Crippen LogP contribution in [0.5, 0.6) is 0 Å². The average Bonchev–Trinajstić information content (AvgIpc) is 2.31. The van der Waals surface area contributed by atoms with E-state index in [0.717, 1.165) is 6.54 Å². The Balaban J connectivity index is 1.91. The van der Waals surface area contributed by atoms with E-state index in [-0.39, 0.29) is 0 Å². The van der Waals surface area contributed by atoms with E-state index in [1.54, 1.807) is 0 Å². The van der Waals surface area contributed by atoms with Gasteiger partial charge in [-0.25, -0.2) is 0 Å². The molecule has 0 bridgehead atoms. The van der Waals surface area contributed by atoms with Gasteiger partial charge in [0.15, 0.2) is 0 Å². The molecule has 1 aliphatic rings. The highest BCUT2D eigenvalue weighted by atomic mass is 15.1. The highest BCUT2D eigenvalue weighted by Gasteiger charge is 2.09. The lowest BCUT2D eigenvalue weighted by molar-refractivity contribution is -0.504. The number of piperidine rings is 1. The molecule has 2 N–H and O–H groups in total. The minimum Gasteiger partial charge on any atom is -0.446 e. The standard InChI is InChI=1S/C13H20N2/c1-14-13-7-5-12(6-8-13)11-15-9-3-2-4-10-15/h5-8H,1-4,9-11,14H2. The van der Waals surface area contributed by atoms with Crippen molar-refractivity contribution in [2.24, 2.45) is 0 Å². The first-order chi connectivity index (χ1) is 7.38. The molecule has 0 aromatic heterocycles. The molecule has 1 saturated heterocycles. The molecule has 0 atom stereocenters. The van der Waals surface area contributed by atoms with E-state index in [9.17, 15) is 0 Å². The van der Waals surface area contributed by atoms with E-state index in [1.807, 2.05) is 5.32 Å². The van der Waals surface area contributed by atoms with Gasteiger partial charge in [0.2, 0.25) is 0 Å². The summed E-state index contributed by atoms with van der Waals surface area (Å²) in [4.78, 5) is 2.55. The third-order valence-corrected chi connectivity index (χ3v) is 3.07. The van der Waals surface area contributed by atoms with Gasteiger partial charge >= 0.3 is 0 Å². The Bertz CT molecular complexity index is 286. The lowest BCUT2D eigenvalue weighted by atomic mass is 10.1. The smallest absolute Gasteiger partial charge is 0.103 e. The first-order valence-electron chi connectivity index (χ1n) is 5.82. The zero-order valence-electron chi connectivity index (χ0n) is 9.28. The quantitative estimate of drug-likeness (QED) is 0.586. The molecule has 2 rings (SSSR count). The number of nitrogens with zero attached hydrogens (tertiary/aromatic N) is 1. The molecule has 15 heavy (non-hydrogen) atoms. The van der Waals surface area contributed by atoms with Gasteiger partial charge in [0.25, 0.3) is 0 Å². The van der Waals surface area contributed by atoms with Gasteiger partial charge in [0.05, 0.1) is 0 Å². The highest BCUT2D eigenvalue weighted by Crippen LogP contribution is 2.13. The van der Waals surface area contributed by atoms with Crippen LogP contribution in [0.2, 0.25) is 0 Å². The van der Waals surface area contributed by atoms with Gasteiger partial charge in [-0.05, 0) is 43.6 Å². The van der Waals surface area contributed by atoms with Gasteiger partial charge in [0.1, 0.15) is 5.69 Å². The van der Waals surface area contributed by atoms with Crippen LogP contribution in [0.3, 0.4) is 0 Å². The monoisotopic (exact) mass is 204 g/mol. The largest absolute Gasteiger partial charge is 0.446 e. The van der Waals surface area contributed by atoms with Crippen molar-refractivity contribution < 1.29 is 5.32 Å². The predicted octanol–water partition coefficient (Wildman–Crippen LogP) is 1.66. The highest BCUT2D eigenvalue weighted by molar-refractivity contribution is 5.31. The Labute approximate surface area is 92.3 Å². The van der Waals surface area contributed by atoms with Crippen molar-refractivity contribution in [2.75, 3.05) is 13.1 Å². The second kappa shape index (κ2) is 5.29. The molecule has 0 radical (unpaired) electrons. The third kappa shape index (κ3) is 3.05. The molecule has 82 valence electrons. The van der Waals surface area contributed by atoms with E-state index < -0.39 is 0 Å². The molecule has 1 aromatic rings. The van der Waals surface area contributed by atoms with E-state index in [2.05, 4.69) is 36.2 Å². The van der Waals surface area contributed by atoms with Crippen LogP contribution in [0.15, 0.2) is 24.3 Å². The molecule has 1 aromatic carbocycles. The summed E-state index contributed by atoms with van der Waals surface area (Å²) in [6, 6.07) is 8.72. The van der Waals surface area contributed by atoms with Crippen LogP contribution in [-0.4, -0.2) is 18.0 Å². The number of hydrogen-bond donors (Lipinski definition) is 1. The molecule has 1 fully saturated rings. The molecular formula is C13H20N2. The van der Waals surface area contributed by atoms with Gasteiger partial charge in [0, 0.05) is 6.54 Å². The Hall–Kier alpha value is -0.860. The summed E-state index contributed by atoms with van der Waals surface area (Å²) in [6.45, 7) is 3.64. The summed E-state index contributed by atoms with van der Waals surface area (Å²) >= 11 is 0. The fraction of sp³-hybridized carbons (Fsp3) is 0.462. The topological polar surface area (TPSA) is 19.9 Å². The van der Waals surface area contributed by atoms with Crippen LogP contribution in [-0.2, 0) is 6.54 Å². The number of nitrogens with two attached hydrogens (primary N) is 1. The number of hydrogen-bond acceptors (Lipinski definition) is 1. The molecule has 0 unspecified atom stereocenters. The Morgan fingerprint density at radius 2 is 1.73 bits per heavy atom. The fourth-order valence-corrected chi connectivity index (χ4v) is 2.13. The minimum absolute atomic E-state index is 1.11. The van der Waals surface area contributed by atoms with E-state index in [4.69, 9.17) is 0 Å². The molecule has 2 nitrogen and oxygen atoms in total. The second-order valence-corrected chi connectivity index (χ2v) is 4.28. The molecular weight excluding hydrogens is 184 g/mol. The SMILES string of the molecule is [CH2-][NH2+]c1ccc(CN2CCCCC2)cc1. The Morgan fingerprint density at radius 3 is 2.33 bits per heavy atom. The van der Waals surface area contributed by atoms with Crippen molar-refractivity contribution >= 4 is 5.69 Å².